The molecular formula is C13H22N6O. The van der Waals surface area contributed by atoms with Crippen LogP contribution in [0.25, 0.3) is 0 Å². The van der Waals surface area contributed by atoms with Crippen LogP contribution in [-0.4, -0.2) is 59.4 Å². The Morgan fingerprint density at radius 3 is 2.65 bits per heavy atom. The van der Waals surface area contributed by atoms with Gasteiger partial charge in [0.05, 0.1) is 11.8 Å². The summed E-state index contributed by atoms with van der Waals surface area (Å²) in [6.07, 6.45) is 5.13. The molecule has 20 heavy (non-hydrogen) atoms. The molecule has 1 aromatic heterocycles. The topological polar surface area (TPSA) is 90.9 Å². The lowest BCUT2D eigenvalue weighted by Crippen LogP contribution is -2.57. The van der Waals surface area contributed by atoms with E-state index in [2.05, 4.69) is 34.3 Å². The first kappa shape index (κ1) is 14.5. The lowest BCUT2D eigenvalue weighted by molar-refractivity contribution is 0.0681. The molecule has 0 aliphatic heterocycles. The third-order valence-corrected chi connectivity index (χ3v) is 4.21. The van der Waals surface area contributed by atoms with Crippen LogP contribution in [0.15, 0.2) is 17.4 Å². The highest BCUT2D eigenvalue weighted by Crippen LogP contribution is 2.37. The molecule has 110 valence electrons. The monoisotopic (exact) mass is 278 g/mol. The van der Waals surface area contributed by atoms with Gasteiger partial charge < -0.3 is 20.7 Å². The van der Waals surface area contributed by atoms with Gasteiger partial charge in [-0.15, -0.1) is 5.10 Å². The number of hydrogen-bond acceptors (Lipinski definition) is 6. The summed E-state index contributed by atoms with van der Waals surface area (Å²) >= 11 is 0. The highest BCUT2D eigenvalue weighted by molar-refractivity contribution is 6.01. The van der Waals surface area contributed by atoms with Crippen molar-refractivity contribution in [2.45, 2.75) is 24.8 Å². The molecular weight excluding hydrogens is 256 g/mol. The zero-order valence-electron chi connectivity index (χ0n) is 12.2. The van der Waals surface area contributed by atoms with Crippen molar-refractivity contribution in [3.8, 4) is 0 Å². The van der Waals surface area contributed by atoms with E-state index in [1.807, 2.05) is 11.9 Å². The Morgan fingerprint density at radius 2 is 2.15 bits per heavy atom. The maximum atomic E-state index is 8.86. The summed E-state index contributed by atoms with van der Waals surface area (Å²) in [5.41, 5.74) is 6.47. The van der Waals surface area contributed by atoms with Gasteiger partial charge in [0.1, 0.15) is 0 Å². The van der Waals surface area contributed by atoms with Crippen LogP contribution < -0.4 is 10.6 Å². The smallest absolute Gasteiger partial charge is 0.173 e. The van der Waals surface area contributed by atoms with Gasteiger partial charge >= 0.3 is 0 Å². The maximum Gasteiger partial charge on any atom is 0.173 e. The molecule has 2 rings (SSSR count). The highest BCUT2D eigenvalue weighted by atomic mass is 16.4. The largest absolute Gasteiger partial charge is 0.409 e. The second-order valence-electron chi connectivity index (χ2n) is 5.58. The summed E-state index contributed by atoms with van der Waals surface area (Å²) in [4.78, 5) is 4.30. The predicted octanol–water partition coefficient (Wildman–Crippen LogP) is 0.492. The molecule has 0 bridgehead atoms. The molecule has 0 unspecified atom stereocenters. The van der Waals surface area contributed by atoms with E-state index < -0.39 is 0 Å². The summed E-state index contributed by atoms with van der Waals surface area (Å²) in [7, 11) is 6.17. The Balaban J connectivity index is 2.23. The van der Waals surface area contributed by atoms with Gasteiger partial charge in [0, 0.05) is 19.1 Å². The fraction of sp³-hybridized carbons (Fsp3) is 0.615. The van der Waals surface area contributed by atoms with Crippen LogP contribution in [-0.2, 0) is 0 Å². The molecule has 0 saturated heterocycles. The van der Waals surface area contributed by atoms with Crippen LogP contribution in [0.2, 0.25) is 0 Å². The number of aromatic nitrogens is 2. The lowest BCUT2D eigenvalue weighted by Gasteiger charge is -2.49. The van der Waals surface area contributed by atoms with Crippen molar-refractivity contribution >= 4 is 11.7 Å². The number of rotatable bonds is 5. The van der Waals surface area contributed by atoms with E-state index >= 15 is 0 Å². The minimum atomic E-state index is 0.0502. The molecule has 7 nitrogen and oxygen atoms in total. The average molecular weight is 278 g/mol. The first-order valence-electron chi connectivity index (χ1n) is 6.68. The molecule has 0 radical (unpaired) electrons. The Morgan fingerprint density at radius 1 is 1.45 bits per heavy atom. The summed E-state index contributed by atoms with van der Waals surface area (Å²) in [5.74, 6) is 0.685. The summed E-state index contributed by atoms with van der Waals surface area (Å²) in [5, 5.41) is 20.0. The van der Waals surface area contributed by atoms with Crippen LogP contribution in [0.3, 0.4) is 0 Å². The van der Waals surface area contributed by atoms with Crippen LogP contribution in [0, 0.1) is 0 Å². The number of nitrogens with two attached hydrogens (primary N) is 1. The second-order valence-corrected chi connectivity index (χ2v) is 5.58. The SMILES string of the molecule is CN(CC1(N(C)C)CCC1)c1nnccc1/C(N)=N/O. The standard InChI is InChI=1S/C13H22N6O/c1-18(2)13(6-4-7-13)9-19(3)12-10(11(14)17-20)5-8-15-16-12/h5,8,20H,4,6-7,9H2,1-3H3,(H2,14,17). The van der Waals surface area contributed by atoms with E-state index in [1.165, 1.54) is 25.5 Å². The lowest BCUT2D eigenvalue weighted by atomic mass is 9.75. The molecule has 7 heteroatoms. The van der Waals surface area contributed by atoms with Crippen molar-refractivity contribution in [1.82, 2.24) is 15.1 Å². The van der Waals surface area contributed by atoms with E-state index in [0.29, 0.717) is 11.4 Å². The molecule has 0 amide bonds. The molecule has 3 N–H and O–H groups in total. The molecule has 1 aliphatic carbocycles. The number of likely N-dealkylation sites (N-methyl/N-ethyl adjacent to an activating group) is 2. The number of hydrogen-bond donors (Lipinski definition) is 2. The van der Waals surface area contributed by atoms with Crippen LogP contribution >= 0.6 is 0 Å². The van der Waals surface area contributed by atoms with Gasteiger partial charge in [0.25, 0.3) is 0 Å². The Labute approximate surface area is 119 Å². The summed E-state index contributed by atoms with van der Waals surface area (Å²) in [6, 6.07) is 1.71. The van der Waals surface area contributed by atoms with E-state index in [9.17, 15) is 0 Å². The molecule has 0 aromatic carbocycles. The van der Waals surface area contributed by atoms with Crippen molar-refractivity contribution in [2.24, 2.45) is 10.9 Å². The van der Waals surface area contributed by atoms with Crippen LogP contribution in [0.4, 0.5) is 5.82 Å². The summed E-state index contributed by atoms with van der Waals surface area (Å²) < 4.78 is 0. The zero-order valence-corrected chi connectivity index (χ0v) is 12.2. The predicted molar refractivity (Wildman–Crippen MR) is 78.1 cm³/mol. The van der Waals surface area contributed by atoms with Crippen LogP contribution in [0.1, 0.15) is 24.8 Å². The zero-order chi connectivity index (χ0) is 14.8. The van der Waals surface area contributed by atoms with Crippen molar-refractivity contribution in [3.63, 3.8) is 0 Å². The van der Waals surface area contributed by atoms with E-state index in [-0.39, 0.29) is 11.4 Å². The van der Waals surface area contributed by atoms with E-state index in [0.717, 1.165) is 6.54 Å². The first-order chi connectivity index (χ1) is 9.50. The van der Waals surface area contributed by atoms with Crippen molar-refractivity contribution < 1.29 is 5.21 Å². The number of nitrogens with zero attached hydrogens (tertiary/aromatic N) is 5. The molecule has 0 spiro atoms. The molecule has 1 fully saturated rings. The normalized spacial score (nSPS) is 17.9. The third kappa shape index (κ3) is 2.53. The minimum Gasteiger partial charge on any atom is -0.409 e. The minimum absolute atomic E-state index is 0.0502. The first-order valence-corrected chi connectivity index (χ1v) is 6.68. The van der Waals surface area contributed by atoms with Crippen molar-refractivity contribution in [3.05, 3.63) is 17.8 Å². The number of oxime groups is 1. The Kier molecular flexibility index (Phi) is 4.08. The van der Waals surface area contributed by atoms with Gasteiger partial charge in [-0.25, -0.2) is 0 Å². The Hall–Kier alpha value is -1.89. The molecule has 1 aromatic rings. The van der Waals surface area contributed by atoms with Gasteiger partial charge in [-0.3, -0.25) is 0 Å². The molecule has 0 atom stereocenters. The summed E-state index contributed by atoms with van der Waals surface area (Å²) in [6.45, 7) is 0.838. The number of amidine groups is 1. The number of anilines is 1. The van der Waals surface area contributed by atoms with Crippen molar-refractivity contribution in [1.29, 1.82) is 0 Å². The van der Waals surface area contributed by atoms with Gasteiger partial charge in [0.2, 0.25) is 0 Å². The molecule has 1 aliphatic rings. The molecule has 1 saturated carbocycles. The fourth-order valence-corrected chi connectivity index (χ4v) is 2.71. The second kappa shape index (κ2) is 5.62. The van der Waals surface area contributed by atoms with Gasteiger partial charge in [-0.1, -0.05) is 5.16 Å². The Bertz CT molecular complexity index is 497. The average Bonchev–Trinajstić information content (AvgIpc) is 2.41. The van der Waals surface area contributed by atoms with Crippen molar-refractivity contribution in [2.75, 3.05) is 32.6 Å². The quantitative estimate of drug-likeness (QED) is 0.352. The van der Waals surface area contributed by atoms with E-state index in [4.69, 9.17) is 10.9 Å². The third-order valence-electron chi connectivity index (χ3n) is 4.21. The highest BCUT2D eigenvalue weighted by Gasteiger charge is 2.40. The van der Waals surface area contributed by atoms with Gasteiger partial charge in [-0.2, -0.15) is 5.10 Å². The fourth-order valence-electron chi connectivity index (χ4n) is 2.71. The van der Waals surface area contributed by atoms with Gasteiger partial charge in [0.15, 0.2) is 11.7 Å². The maximum absolute atomic E-state index is 8.86. The van der Waals surface area contributed by atoms with Gasteiger partial charge in [-0.05, 0) is 39.4 Å². The molecule has 1 heterocycles. The van der Waals surface area contributed by atoms with Crippen LogP contribution in [0.5, 0.6) is 0 Å². The van der Waals surface area contributed by atoms with E-state index in [1.54, 1.807) is 6.07 Å².